The molecule has 0 radical (unpaired) electrons. The van der Waals surface area contributed by atoms with Crippen LogP contribution in [0.15, 0.2) is 45.6 Å². The molecule has 1 aromatic carbocycles. The Morgan fingerprint density at radius 1 is 1.06 bits per heavy atom. The van der Waals surface area contributed by atoms with Crippen LogP contribution in [0.5, 0.6) is 0 Å². The normalized spacial score (nSPS) is 9.62. The van der Waals surface area contributed by atoms with Gasteiger partial charge < -0.3 is 9.15 Å². The Labute approximate surface area is 94.7 Å². The SMILES string of the molecule is CCOCC.O=c1ccc2ccccc2o1. The maximum Gasteiger partial charge on any atom is 0.336 e. The molecular formula is C13H16O3. The van der Waals surface area contributed by atoms with Crippen molar-refractivity contribution in [2.75, 3.05) is 13.2 Å². The molecule has 0 aliphatic rings. The summed E-state index contributed by atoms with van der Waals surface area (Å²) in [6, 6.07) is 10.6. The zero-order valence-electron chi connectivity index (χ0n) is 9.60. The topological polar surface area (TPSA) is 39.4 Å². The summed E-state index contributed by atoms with van der Waals surface area (Å²) in [7, 11) is 0. The molecule has 86 valence electrons. The molecule has 3 heteroatoms. The third-order valence-electron chi connectivity index (χ3n) is 1.94. The lowest BCUT2D eigenvalue weighted by Gasteiger charge is -1.91. The highest BCUT2D eigenvalue weighted by Crippen LogP contribution is 2.08. The molecule has 0 amide bonds. The molecule has 1 heterocycles. The van der Waals surface area contributed by atoms with Crippen LogP contribution in [-0.4, -0.2) is 13.2 Å². The van der Waals surface area contributed by atoms with E-state index in [1.165, 1.54) is 6.07 Å². The number of hydrogen-bond acceptors (Lipinski definition) is 3. The van der Waals surface area contributed by atoms with Gasteiger partial charge >= 0.3 is 5.63 Å². The second-order valence-electron chi connectivity index (χ2n) is 3.07. The van der Waals surface area contributed by atoms with Crippen LogP contribution in [0.4, 0.5) is 0 Å². The summed E-state index contributed by atoms with van der Waals surface area (Å²) in [6.07, 6.45) is 0. The van der Waals surface area contributed by atoms with Gasteiger partial charge in [-0.15, -0.1) is 0 Å². The Hall–Kier alpha value is -1.61. The maximum atomic E-state index is 10.7. The molecule has 2 rings (SSSR count). The van der Waals surface area contributed by atoms with Gasteiger partial charge in [0.1, 0.15) is 5.58 Å². The van der Waals surface area contributed by atoms with Crippen LogP contribution in [0.3, 0.4) is 0 Å². The van der Waals surface area contributed by atoms with Gasteiger partial charge in [-0.05, 0) is 26.0 Å². The number of fused-ring (bicyclic) bond motifs is 1. The minimum Gasteiger partial charge on any atom is -0.423 e. The fourth-order valence-corrected chi connectivity index (χ4v) is 1.22. The van der Waals surface area contributed by atoms with Crippen molar-refractivity contribution >= 4 is 11.0 Å². The minimum atomic E-state index is -0.302. The largest absolute Gasteiger partial charge is 0.423 e. The first-order valence-electron chi connectivity index (χ1n) is 5.34. The van der Waals surface area contributed by atoms with Gasteiger partial charge in [0, 0.05) is 24.7 Å². The molecule has 16 heavy (non-hydrogen) atoms. The van der Waals surface area contributed by atoms with E-state index in [0.717, 1.165) is 18.6 Å². The Bertz CT molecular complexity index is 472. The Balaban J connectivity index is 0.000000221. The molecule has 0 aliphatic heterocycles. The number of benzene rings is 1. The average molecular weight is 220 g/mol. The standard InChI is InChI=1S/C9H6O2.C4H10O/c10-9-6-5-7-3-1-2-4-8(7)11-9;1-3-5-4-2/h1-6H;3-4H2,1-2H3. The van der Waals surface area contributed by atoms with Crippen molar-refractivity contribution in [2.24, 2.45) is 0 Å². The first-order valence-corrected chi connectivity index (χ1v) is 5.34. The summed E-state index contributed by atoms with van der Waals surface area (Å²) < 4.78 is 9.74. The van der Waals surface area contributed by atoms with Crippen LogP contribution in [0.25, 0.3) is 11.0 Å². The Morgan fingerprint density at radius 3 is 2.38 bits per heavy atom. The van der Waals surface area contributed by atoms with Gasteiger partial charge in [-0.25, -0.2) is 4.79 Å². The van der Waals surface area contributed by atoms with E-state index in [4.69, 9.17) is 9.15 Å². The van der Waals surface area contributed by atoms with E-state index >= 15 is 0 Å². The summed E-state index contributed by atoms with van der Waals surface area (Å²) in [6.45, 7) is 5.67. The van der Waals surface area contributed by atoms with Crippen LogP contribution in [0, 0.1) is 0 Å². The quantitative estimate of drug-likeness (QED) is 0.730. The van der Waals surface area contributed by atoms with Crippen molar-refractivity contribution < 1.29 is 9.15 Å². The van der Waals surface area contributed by atoms with Gasteiger partial charge in [-0.2, -0.15) is 0 Å². The van der Waals surface area contributed by atoms with Crippen LogP contribution in [0.2, 0.25) is 0 Å². The molecule has 0 atom stereocenters. The molecule has 0 unspecified atom stereocenters. The highest BCUT2D eigenvalue weighted by Gasteiger charge is 1.92. The molecule has 1 aromatic heterocycles. The zero-order valence-corrected chi connectivity index (χ0v) is 9.60. The van der Waals surface area contributed by atoms with Crippen molar-refractivity contribution in [1.82, 2.24) is 0 Å². The second-order valence-corrected chi connectivity index (χ2v) is 3.07. The van der Waals surface area contributed by atoms with E-state index in [0.29, 0.717) is 5.58 Å². The monoisotopic (exact) mass is 220 g/mol. The van der Waals surface area contributed by atoms with Gasteiger partial charge in [0.15, 0.2) is 0 Å². The lowest BCUT2D eigenvalue weighted by Crippen LogP contribution is -1.93. The molecule has 0 saturated heterocycles. The third kappa shape index (κ3) is 3.87. The van der Waals surface area contributed by atoms with E-state index in [2.05, 4.69) is 0 Å². The highest BCUT2D eigenvalue weighted by atomic mass is 16.5. The molecule has 3 nitrogen and oxygen atoms in total. The smallest absolute Gasteiger partial charge is 0.336 e. The van der Waals surface area contributed by atoms with Crippen LogP contribution >= 0.6 is 0 Å². The number of rotatable bonds is 2. The first kappa shape index (κ1) is 12.5. The van der Waals surface area contributed by atoms with Crippen molar-refractivity contribution in [3.05, 3.63) is 46.8 Å². The Kier molecular flexibility index (Phi) is 5.29. The van der Waals surface area contributed by atoms with Crippen molar-refractivity contribution in [1.29, 1.82) is 0 Å². The van der Waals surface area contributed by atoms with Gasteiger partial charge in [0.25, 0.3) is 0 Å². The second kappa shape index (κ2) is 6.80. The fourth-order valence-electron chi connectivity index (χ4n) is 1.22. The summed E-state index contributed by atoms with van der Waals surface area (Å²) in [4.78, 5) is 10.7. The predicted octanol–water partition coefficient (Wildman–Crippen LogP) is 2.84. The van der Waals surface area contributed by atoms with Crippen LogP contribution in [-0.2, 0) is 4.74 Å². The summed E-state index contributed by atoms with van der Waals surface area (Å²) in [5, 5.41) is 0.951. The lowest BCUT2D eigenvalue weighted by atomic mass is 10.2. The predicted molar refractivity (Wildman–Crippen MR) is 64.7 cm³/mol. The summed E-state index contributed by atoms with van der Waals surface area (Å²) >= 11 is 0. The van der Waals surface area contributed by atoms with Gasteiger partial charge in [-0.1, -0.05) is 18.2 Å². The molecule has 0 N–H and O–H groups in total. The zero-order chi connectivity index (χ0) is 11.8. The van der Waals surface area contributed by atoms with E-state index in [1.54, 1.807) is 12.1 Å². The minimum absolute atomic E-state index is 0.302. The molecule has 0 fully saturated rings. The molecule has 0 spiro atoms. The summed E-state index contributed by atoms with van der Waals surface area (Å²) in [5.74, 6) is 0. The fraction of sp³-hybridized carbons (Fsp3) is 0.308. The highest BCUT2D eigenvalue weighted by molar-refractivity contribution is 5.75. The number of ether oxygens (including phenoxy) is 1. The molecular weight excluding hydrogens is 204 g/mol. The Morgan fingerprint density at radius 2 is 1.75 bits per heavy atom. The van der Waals surface area contributed by atoms with Gasteiger partial charge in [0.05, 0.1) is 0 Å². The molecule has 0 saturated carbocycles. The maximum absolute atomic E-state index is 10.7. The number of para-hydroxylation sites is 1. The summed E-state index contributed by atoms with van der Waals surface area (Å²) in [5.41, 5.74) is 0.337. The molecule has 2 aromatic rings. The first-order chi connectivity index (χ1) is 7.77. The van der Waals surface area contributed by atoms with Gasteiger partial charge in [-0.3, -0.25) is 0 Å². The van der Waals surface area contributed by atoms with E-state index in [9.17, 15) is 4.79 Å². The van der Waals surface area contributed by atoms with E-state index < -0.39 is 0 Å². The van der Waals surface area contributed by atoms with Crippen LogP contribution in [0.1, 0.15) is 13.8 Å². The van der Waals surface area contributed by atoms with Gasteiger partial charge in [0.2, 0.25) is 0 Å². The van der Waals surface area contributed by atoms with E-state index in [-0.39, 0.29) is 5.63 Å². The van der Waals surface area contributed by atoms with Crippen molar-refractivity contribution in [3.63, 3.8) is 0 Å². The molecule has 0 aliphatic carbocycles. The third-order valence-corrected chi connectivity index (χ3v) is 1.94. The van der Waals surface area contributed by atoms with Crippen molar-refractivity contribution in [2.45, 2.75) is 13.8 Å². The molecule has 0 bridgehead atoms. The van der Waals surface area contributed by atoms with E-state index in [1.807, 2.05) is 32.0 Å². The lowest BCUT2D eigenvalue weighted by molar-refractivity contribution is 0.162. The van der Waals surface area contributed by atoms with Crippen LogP contribution < -0.4 is 5.63 Å². The van der Waals surface area contributed by atoms with Crippen molar-refractivity contribution in [3.8, 4) is 0 Å². The average Bonchev–Trinajstić information content (AvgIpc) is 2.31. The number of hydrogen-bond donors (Lipinski definition) is 0.